The number of allylic oxidation sites excluding steroid dienone is 2. The molecule has 0 aliphatic carbocycles. The predicted molar refractivity (Wildman–Crippen MR) is 217 cm³/mol. The Morgan fingerprint density at radius 3 is 2.61 bits per heavy atom. The second-order valence-corrected chi connectivity index (χ2v) is 16.1. The van der Waals surface area contributed by atoms with Crippen LogP contribution in [-0.4, -0.2) is 118 Å². The maximum absolute atomic E-state index is 13.7. The Morgan fingerprint density at radius 1 is 1.14 bits per heavy atom. The molecule has 1 saturated heterocycles. The molecule has 16 heteroatoms. The van der Waals surface area contributed by atoms with Crippen LogP contribution in [0.25, 0.3) is 11.0 Å². The van der Waals surface area contributed by atoms with Crippen molar-refractivity contribution in [2.75, 3.05) is 44.8 Å². The summed E-state index contributed by atoms with van der Waals surface area (Å²) in [5.74, 6) is 0.933. The maximum Gasteiger partial charge on any atom is 0.220 e. The van der Waals surface area contributed by atoms with E-state index in [9.17, 15) is 40.2 Å². The number of aromatic hydroxyl groups is 1. The SMILES string of the molecule is CCC1=C2C=CN=C2CN1c1c2c(cc3c(=O)cc(C)oc13)CC(OOCC(O)(Cc1ccc(O)cc1)C(O)C(O)C(O)CO)C(CCNC)(CCC1CNC(=O)C1)O2. The van der Waals surface area contributed by atoms with Gasteiger partial charge in [-0.2, -0.15) is 0 Å². The number of hydrogen-bond donors (Lipinski definition) is 8. The number of phenolic OH excluding ortho intramolecular Hbond substituents is 1. The average molecular weight is 819 g/mol. The number of phenols is 1. The Morgan fingerprint density at radius 2 is 1.92 bits per heavy atom. The Kier molecular flexibility index (Phi) is 12.6. The molecule has 7 atom stereocenters. The van der Waals surface area contributed by atoms with Gasteiger partial charge in [-0.05, 0) is 75.5 Å². The van der Waals surface area contributed by atoms with Crippen molar-refractivity contribution in [3.05, 3.63) is 87.1 Å². The topological polar surface area (TPSA) is 236 Å². The first kappa shape index (κ1) is 42.5. The molecule has 0 radical (unpaired) electrons. The first-order valence-corrected chi connectivity index (χ1v) is 20.2. The van der Waals surface area contributed by atoms with Gasteiger partial charge in [0.25, 0.3) is 0 Å². The van der Waals surface area contributed by atoms with E-state index in [1.54, 1.807) is 19.2 Å². The number of aliphatic imine (C=N–C) groups is 1. The fourth-order valence-corrected chi connectivity index (χ4v) is 8.72. The minimum Gasteiger partial charge on any atom is -0.508 e. The third-order valence-corrected chi connectivity index (χ3v) is 12.0. The van der Waals surface area contributed by atoms with Crippen LogP contribution in [0, 0.1) is 12.8 Å². The van der Waals surface area contributed by atoms with Gasteiger partial charge in [-0.3, -0.25) is 14.6 Å². The van der Waals surface area contributed by atoms with Crippen molar-refractivity contribution < 1.29 is 54.4 Å². The van der Waals surface area contributed by atoms with Gasteiger partial charge in [0.05, 0.1) is 24.2 Å². The first-order chi connectivity index (χ1) is 28.3. The van der Waals surface area contributed by atoms with E-state index in [1.807, 2.05) is 13.1 Å². The summed E-state index contributed by atoms with van der Waals surface area (Å²) in [5.41, 5.74) is 1.35. The first-order valence-electron chi connectivity index (χ1n) is 20.2. The highest BCUT2D eigenvalue weighted by Crippen LogP contribution is 2.50. The molecule has 0 spiro atoms. The Balaban J connectivity index is 1.30. The number of amides is 1. The molecule has 4 aliphatic rings. The molecule has 1 amide bonds. The molecular formula is C43H54N4O12. The van der Waals surface area contributed by atoms with Crippen LogP contribution >= 0.6 is 0 Å². The lowest BCUT2D eigenvalue weighted by Gasteiger charge is -2.46. The van der Waals surface area contributed by atoms with Gasteiger partial charge in [0, 0.05) is 61.3 Å². The molecular weight excluding hydrogens is 764 g/mol. The lowest BCUT2D eigenvalue weighted by Crippen LogP contribution is -2.58. The number of ether oxygens (including phenoxy) is 1. The van der Waals surface area contributed by atoms with Gasteiger partial charge in [-0.1, -0.05) is 19.1 Å². The summed E-state index contributed by atoms with van der Waals surface area (Å²) in [5, 5.41) is 70.1. The van der Waals surface area contributed by atoms with Crippen molar-refractivity contribution in [2.45, 2.75) is 94.4 Å². The van der Waals surface area contributed by atoms with Crippen LogP contribution in [0.4, 0.5) is 5.69 Å². The minimum absolute atomic E-state index is 0.0222. The van der Waals surface area contributed by atoms with E-state index in [4.69, 9.17) is 18.9 Å². The van der Waals surface area contributed by atoms with E-state index in [0.29, 0.717) is 91.0 Å². The van der Waals surface area contributed by atoms with E-state index in [1.165, 1.54) is 30.3 Å². The number of nitrogens with one attached hydrogen (secondary N) is 2. The van der Waals surface area contributed by atoms with E-state index in [0.717, 1.165) is 17.0 Å². The highest BCUT2D eigenvalue weighted by atomic mass is 17.2. The number of carbonyl (C=O) groups excluding carboxylic acids is 1. The van der Waals surface area contributed by atoms with Gasteiger partial charge in [0.2, 0.25) is 5.91 Å². The summed E-state index contributed by atoms with van der Waals surface area (Å²) < 4.78 is 13.7. The molecule has 59 heavy (non-hydrogen) atoms. The second-order valence-electron chi connectivity index (χ2n) is 16.1. The lowest BCUT2D eigenvalue weighted by atomic mass is 9.79. The van der Waals surface area contributed by atoms with Gasteiger partial charge in [0.15, 0.2) is 16.8 Å². The Hall–Kier alpha value is -4.65. The summed E-state index contributed by atoms with van der Waals surface area (Å²) >= 11 is 0. The van der Waals surface area contributed by atoms with Crippen LogP contribution in [0.2, 0.25) is 0 Å². The van der Waals surface area contributed by atoms with E-state index < -0.39 is 48.8 Å². The second kappa shape index (κ2) is 17.5. The quantitative estimate of drug-likeness (QED) is 0.0676. The molecule has 8 N–H and O–H groups in total. The third-order valence-electron chi connectivity index (χ3n) is 12.0. The zero-order chi connectivity index (χ0) is 42.1. The number of nitrogens with zero attached hydrogens (tertiary/aromatic N) is 2. The van der Waals surface area contributed by atoms with Crippen molar-refractivity contribution in [2.24, 2.45) is 10.9 Å². The largest absolute Gasteiger partial charge is 0.508 e. The zero-order valence-corrected chi connectivity index (χ0v) is 33.5. The van der Waals surface area contributed by atoms with E-state index >= 15 is 0 Å². The smallest absolute Gasteiger partial charge is 0.220 e. The highest BCUT2D eigenvalue weighted by Gasteiger charge is 2.50. The van der Waals surface area contributed by atoms with E-state index in [2.05, 4.69) is 27.4 Å². The third kappa shape index (κ3) is 8.54. The molecule has 7 unspecified atom stereocenters. The average Bonchev–Trinajstić information content (AvgIpc) is 3.95. The van der Waals surface area contributed by atoms with Gasteiger partial charge in [0.1, 0.15) is 59.4 Å². The molecule has 0 bridgehead atoms. The van der Waals surface area contributed by atoms with E-state index in [-0.39, 0.29) is 35.8 Å². The van der Waals surface area contributed by atoms with Crippen LogP contribution < -0.4 is 25.7 Å². The maximum atomic E-state index is 13.7. The molecule has 3 aromatic rings. The van der Waals surface area contributed by atoms with Crippen molar-refractivity contribution >= 4 is 28.3 Å². The minimum atomic E-state index is -2.28. The number of aryl methyl sites for hydroxylation is 1. The predicted octanol–water partition coefficient (Wildman–Crippen LogP) is 1.82. The zero-order valence-electron chi connectivity index (χ0n) is 33.5. The van der Waals surface area contributed by atoms with Gasteiger partial charge in [-0.15, -0.1) is 0 Å². The number of hydrogen-bond acceptors (Lipinski definition) is 15. The van der Waals surface area contributed by atoms with Crippen LogP contribution in [-0.2, 0) is 27.4 Å². The summed E-state index contributed by atoms with van der Waals surface area (Å²) in [6, 6.07) is 9.05. The number of aliphatic hydroxyl groups is 5. The van der Waals surface area contributed by atoms with Crippen molar-refractivity contribution in [3.63, 3.8) is 0 Å². The molecule has 318 valence electrons. The molecule has 4 aliphatic heterocycles. The summed E-state index contributed by atoms with van der Waals surface area (Å²) in [4.78, 5) is 44.9. The Bertz CT molecular complexity index is 2190. The van der Waals surface area contributed by atoms with Crippen LogP contribution in [0.1, 0.15) is 55.9 Å². The fourth-order valence-electron chi connectivity index (χ4n) is 8.72. The number of fused-ring (bicyclic) bond motifs is 3. The molecule has 16 nitrogen and oxygen atoms in total. The normalized spacial score (nSPS) is 23.8. The van der Waals surface area contributed by atoms with Gasteiger partial charge in [-0.25, -0.2) is 9.78 Å². The summed E-state index contributed by atoms with van der Waals surface area (Å²) in [7, 11) is 1.82. The highest BCUT2D eigenvalue weighted by molar-refractivity contribution is 6.13. The van der Waals surface area contributed by atoms with Crippen molar-refractivity contribution in [1.29, 1.82) is 0 Å². The Labute approximate surface area is 341 Å². The van der Waals surface area contributed by atoms with Crippen molar-refractivity contribution in [1.82, 2.24) is 10.6 Å². The number of aliphatic hydroxyl groups excluding tert-OH is 4. The molecule has 2 aromatic carbocycles. The van der Waals surface area contributed by atoms with Gasteiger partial charge < -0.3 is 55.3 Å². The molecule has 1 aromatic heterocycles. The van der Waals surface area contributed by atoms with Crippen molar-refractivity contribution in [3.8, 4) is 11.5 Å². The fraction of sp³-hybridized carbons (Fsp3) is 0.512. The number of carbonyl (C=O) groups is 1. The van der Waals surface area contributed by atoms with Crippen LogP contribution in [0.5, 0.6) is 11.5 Å². The number of benzene rings is 2. The summed E-state index contributed by atoms with van der Waals surface area (Å²) in [6.45, 7) is 3.63. The molecule has 0 saturated carbocycles. The molecule has 1 fully saturated rings. The lowest BCUT2D eigenvalue weighted by molar-refractivity contribution is -0.373. The number of anilines is 1. The number of rotatable bonds is 18. The van der Waals surface area contributed by atoms with Crippen LogP contribution in [0.3, 0.4) is 0 Å². The summed E-state index contributed by atoms with van der Waals surface area (Å²) in [6.07, 6.45) is -0.596. The van der Waals surface area contributed by atoms with Gasteiger partial charge >= 0.3 is 0 Å². The van der Waals surface area contributed by atoms with Crippen LogP contribution in [0.15, 0.2) is 74.1 Å². The molecule has 5 heterocycles. The molecule has 7 rings (SSSR count). The monoisotopic (exact) mass is 818 g/mol. The standard InChI is InChI=1S/C43H54N4O12/c1-4-32-29-10-13-45-31(29)21-47(32)37-39-27(17-30-33(50)15-24(2)57-40(30)37)18-35(43(58-39,12-14-44-3)11-9-26-16-36(52)46-20-26)59-56-23-42(55,41(54)38(53)34(51)22-48)19-25-5-7-28(49)8-6-25/h5-8,10,13,15,17,26,34-35,38,41,44,48-49,51,53-55H,4,9,11-12,14,16,18-23H2,1-3H3,(H,46,52).